The first-order chi connectivity index (χ1) is 11.6. The number of rotatable bonds is 5. The van der Waals surface area contributed by atoms with Gasteiger partial charge in [0.15, 0.2) is 6.10 Å². The van der Waals surface area contributed by atoms with Crippen molar-refractivity contribution >= 4 is 23.2 Å². The fourth-order valence-corrected chi connectivity index (χ4v) is 3.73. The molecular weight excluding hydrogens is 324 g/mol. The first kappa shape index (κ1) is 16.7. The van der Waals surface area contributed by atoms with Crippen molar-refractivity contribution < 1.29 is 14.3 Å². The predicted octanol–water partition coefficient (Wildman–Crippen LogP) is 2.25. The van der Waals surface area contributed by atoms with E-state index in [1.807, 2.05) is 37.7 Å². The molecule has 0 unspecified atom stereocenters. The van der Waals surface area contributed by atoms with Crippen LogP contribution >= 0.6 is 11.3 Å². The van der Waals surface area contributed by atoms with Gasteiger partial charge in [-0.3, -0.25) is 4.79 Å². The summed E-state index contributed by atoms with van der Waals surface area (Å²) >= 11 is 1.66. The van der Waals surface area contributed by atoms with Crippen molar-refractivity contribution in [2.24, 2.45) is 0 Å². The molecule has 2 atom stereocenters. The normalized spacial score (nSPS) is 18.0. The predicted molar refractivity (Wildman–Crippen MR) is 93.1 cm³/mol. The molecular formula is C18H20N2O3S. The maximum atomic E-state index is 12.4. The van der Waals surface area contributed by atoms with Crippen LogP contribution < -0.4 is 5.32 Å². The van der Waals surface area contributed by atoms with Crippen LogP contribution in [0.25, 0.3) is 0 Å². The second-order valence-electron chi connectivity index (χ2n) is 6.00. The van der Waals surface area contributed by atoms with E-state index in [-0.39, 0.29) is 11.9 Å². The maximum absolute atomic E-state index is 12.4. The molecule has 126 valence electrons. The molecule has 2 heterocycles. The van der Waals surface area contributed by atoms with Crippen molar-refractivity contribution in [1.82, 2.24) is 10.2 Å². The van der Waals surface area contributed by atoms with E-state index in [0.29, 0.717) is 18.5 Å². The maximum Gasteiger partial charge on any atom is 0.339 e. The van der Waals surface area contributed by atoms with E-state index >= 15 is 0 Å². The lowest BCUT2D eigenvalue weighted by atomic mass is 9.98. The molecule has 1 aromatic heterocycles. The number of nitrogens with zero attached hydrogens (tertiary/aromatic N) is 1. The van der Waals surface area contributed by atoms with Crippen LogP contribution in [0.2, 0.25) is 0 Å². The minimum absolute atomic E-state index is 0.0977. The van der Waals surface area contributed by atoms with E-state index in [9.17, 15) is 9.59 Å². The van der Waals surface area contributed by atoms with Crippen LogP contribution in [0.4, 0.5) is 0 Å². The Balaban J connectivity index is 1.64. The van der Waals surface area contributed by atoms with Crippen molar-refractivity contribution in [3.8, 4) is 0 Å². The van der Waals surface area contributed by atoms with Crippen molar-refractivity contribution in [3.05, 3.63) is 57.8 Å². The van der Waals surface area contributed by atoms with Crippen molar-refractivity contribution in [3.63, 3.8) is 0 Å². The quantitative estimate of drug-likeness (QED) is 0.845. The zero-order valence-corrected chi connectivity index (χ0v) is 14.5. The summed E-state index contributed by atoms with van der Waals surface area (Å²) < 4.78 is 5.30. The largest absolute Gasteiger partial charge is 0.448 e. The number of esters is 1. The Morgan fingerprint density at radius 2 is 2.12 bits per heavy atom. The van der Waals surface area contributed by atoms with Gasteiger partial charge < -0.3 is 15.0 Å². The van der Waals surface area contributed by atoms with Gasteiger partial charge in [0, 0.05) is 17.8 Å². The Bertz CT molecular complexity index is 728. The lowest BCUT2D eigenvalue weighted by Gasteiger charge is -2.27. The smallest absolute Gasteiger partial charge is 0.339 e. The van der Waals surface area contributed by atoms with Crippen molar-refractivity contribution in [1.29, 1.82) is 0 Å². The summed E-state index contributed by atoms with van der Waals surface area (Å²) in [7, 11) is 3.96. The van der Waals surface area contributed by atoms with Crippen LogP contribution in [0.3, 0.4) is 0 Å². The van der Waals surface area contributed by atoms with Gasteiger partial charge in [-0.25, -0.2) is 4.79 Å². The number of ether oxygens (including phenoxy) is 1. The van der Waals surface area contributed by atoms with Gasteiger partial charge in [-0.1, -0.05) is 24.3 Å². The molecule has 2 aromatic rings. The fourth-order valence-electron chi connectivity index (χ4n) is 2.81. The number of hydrogen-bond donors (Lipinski definition) is 1. The minimum Gasteiger partial charge on any atom is -0.448 e. The monoisotopic (exact) mass is 344 g/mol. The highest BCUT2D eigenvalue weighted by molar-refractivity contribution is 7.10. The molecule has 0 saturated heterocycles. The van der Waals surface area contributed by atoms with Gasteiger partial charge in [-0.05, 0) is 37.2 Å². The number of amides is 1. The van der Waals surface area contributed by atoms with E-state index in [4.69, 9.17) is 4.74 Å². The second-order valence-corrected chi connectivity index (χ2v) is 6.97. The molecule has 6 heteroatoms. The molecule has 1 aliphatic heterocycles. The Kier molecular flexibility index (Phi) is 4.97. The summed E-state index contributed by atoms with van der Waals surface area (Å²) in [5.41, 5.74) is 1.41. The minimum atomic E-state index is -0.765. The van der Waals surface area contributed by atoms with E-state index in [0.717, 1.165) is 5.56 Å². The van der Waals surface area contributed by atoms with E-state index in [2.05, 4.69) is 16.3 Å². The van der Waals surface area contributed by atoms with Crippen LogP contribution in [-0.2, 0) is 16.0 Å². The summed E-state index contributed by atoms with van der Waals surface area (Å²) in [6, 6.07) is 11.4. The van der Waals surface area contributed by atoms with Gasteiger partial charge >= 0.3 is 5.97 Å². The second kappa shape index (κ2) is 7.15. The van der Waals surface area contributed by atoms with Gasteiger partial charge in [0.05, 0.1) is 11.6 Å². The van der Waals surface area contributed by atoms with Crippen LogP contribution in [0.5, 0.6) is 0 Å². The molecule has 1 aliphatic rings. The van der Waals surface area contributed by atoms with Crippen molar-refractivity contribution in [2.75, 3.05) is 20.6 Å². The topological polar surface area (TPSA) is 58.6 Å². The fraction of sp³-hybridized carbons (Fsp3) is 0.333. The molecule has 1 amide bonds. The SMILES string of the molecule is CN(C)[C@H](CNC(=O)[C@@H]1Cc2ccccc2C(=O)O1)c1cccs1. The standard InChI is InChI=1S/C18H20N2O3S/c1-20(2)14(16-8-5-9-24-16)11-19-17(21)15-10-12-6-3-4-7-13(12)18(22)23-15/h3-9,14-15H,10-11H2,1-2H3,(H,19,21)/t14-,15+/m1/s1. The Morgan fingerprint density at radius 3 is 2.83 bits per heavy atom. The van der Waals surface area contributed by atoms with Gasteiger partial charge in [-0.15, -0.1) is 11.3 Å². The zero-order chi connectivity index (χ0) is 17.1. The summed E-state index contributed by atoms with van der Waals surface area (Å²) in [5.74, 6) is -0.680. The Morgan fingerprint density at radius 1 is 1.33 bits per heavy atom. The van der Waals surface area contributed by atoms with Crippen LogP contribution in [0, 0.1) is 0 Å². The molecule has 5 nitrogen and oxygen atoms in total. The molecule has 24 heavy (non-hydrogen) atoms. The van der Waals surface area contributed by atoms with E-state index < -0.39 is 12.1 Å². The lowest BCUT2D eigenvalue weighted by molar-refractivity contribution is -0.130. The number of fused-ring (bicyclic) bond motifs is 1. The third-order valence-corrected chi connectivity index (χ3v) is 5.12. The molecule has 0 spiro atoms. The Labute approximate surface area is 145 Å². The number of thiophene rings is 1. The summed E-state index contributed by atoms with van der Waals surface area (Å²) in [6.45, 7) is 0.474. The average molecular weight is 344 g/mol. The summed E-state index contributed by atoms with van der Waals surface area (Å²) in [6.07, 6.45) is -0.349. The lowest BCUT2D eigenvalue weighted by Crippen LogP contribution is -2.44. The molecule has 0 saturated carbocycles. The molecule has 3 rings (SSSR count). The van der Waals surface area contributed by atoms with Crippen LogP contribution in [0.1, 0.15) is 26.8 Å². The molecule has 1 aromatic carbocycles. The number of benzene rings is 1. The number of hydrogen-bond acceptors (Lipinski definition) is 5. The first-order valence-corrected chi connectivity index (χ1v) is 8.70. The number of nitrogens with one attached hydrogen (secondary N) is 1. The van der Waals surface area contributed by atoms with Crippen molar-refractivity contribution in [2.45, 2.75) is 18.6 Å². The van der Waals surface area contributed by atoms with Gasteiger partial charge in [0.2, 0.25) is 0 Å². The zero-order valence-electron chi connectivity index (χ0n) is 13.7. The van der Waals surface area contributed by atoms with Gasteiger partial charge in [0.1, 0.15) is 0 Å². The van der Waals surface area contributed by atoms with Gasteiger partial charge in [-0.2, -0.15) is 0 Å². The number of cyclic esters (lactones) is 1. The molecule has 0 radical (unpaired) electrons. The average Bonchev–Trinajstić information content (AvgIpc) is 3.08. The molecule has 1 N–H and O–H groups in total. The molecule has 0 fully saturated rings. The third-order valence-electron chi connectivity index (χ3n) is 4.15. The highest BCUT2D eigenvalue weighted by atomic mass is 32.1. The number of carbonyl (C=O) groups excluding carboxylic acids is 2. The molecule has 0 bridgehead atoms. The highest BCUT2D eigenvalue weighted by Gasteiger charge is 2.31. The molecule has 0 aliphatic carbocycles. The van der Waals surface area contributed by atoms with E-state index in [1.165, 1.54) is 4.88 Å². The van der Waals surface area contributed by atoms with E-state index in [1.54, 1.807) is 23.5 Å². The van der Waals surface area contributed by atoms with Crippen LogP contribution in [-0.4, -0.2) is 43.5 Å². The number of likely N-dealkylation sites (N-methyl/N-ethyl adjacent to an activating group) is 1. The highest BCUT2D eigenvalue weighted by Crippen LogP contribution is 2.23. The first-order valence-electron chi connectivity index (χ1n) is 7.82. The Hall–Kier alpha value is -2.18. The summed E-state index contributed by atoms with van der Waals surface area (Å²) in [4.78, 5) is 27.7. The van der Waals surface area contributed by atoms with Gasteiger partial charge in [0.25, 0.3) is 5.91 Å². The third kappa shape index (κ3) is 3.49. The number of carbonyl (C=O) groups is 2. The van der Waals surface area contributed by atoms with Crippen LogP contribution in [0.15, 0.2) is 41.8 Å². The summed E-state index contributed by atoms with van der Waals surface area (Å²) in [5, 5.41) is 4.94.